The van der Waals surface area contributed by atoms with Gasteiger partial charge in [-0.3, -0.25) is 4.79 Å². The Bertz CT molecular complexity index is 448. The van der Waals surface area contributed by atoms with Crippen molar-refractivity contribution in [2.24, 2.45) is 5.73 Å². The molecule has 0 fully saturated rings. The Morgan fingerprint density at radius 3 is 2.50 bits per heavy atom. The van der Waals surface area contributed by atoms with Gasteiger partial charge in [0.1, 0.15) is 6.04 Å². The number of nitrogens with two attached hydrogens (primary N) is 1. The van der Waals surface area contributed by atoms with Gasteiger partial charge < -0.3 is 10.8 Å². The third-order valence-corrected chi connectivity index (χ3v) is 4.17. The molecule has 0 aliphatic heterocycles. The number of benzene rings is 1. The van der Waals surface area contributed by atoms with Crippen LogP contribution in [0.5, 0.6) is 0 Å². The molecule has 0 bridgehead atoms. The molecule has 0 aliphatic carbocycles. The average Bonchev–Trinajstić information content (AvgIpc) is 2.40. The van der Waals surface area contributed by atoms with E-state index in [4.69, 9.17) is 23.1 Å². The summed E-state index contributed by atoms with van der Waals surface area (Å²) in [6.07, 6.45) is 5.15. The zero-order valence-electron chi connectivity index (χ0n) is 11.3. The molecule has 3 nitrogen and oxygen atoms in total. The summed E-state index contributed by atoms with van der Waals surface area (Å²) in [5, 5.41) is 8.66. The van der Waals surface area contributed by atoms with Crippen LogP contribution in [0.25, 0.3) is 0 Å². The summed E-state index contributed by atoms with van der Waals surface area (Å²) in [5.74, 6) is -0.917. The number of aliphatic carboxylic acids is 1. The molecular weight excluding hydrogens is 385 g/mol. The lowest BCUT2D eigenvalue weighted by atomic mass is 10.0. The van der Waals surface area contributed by atoms with E-state index in [0.717, 1.165) is 37.0 Å². The fourth-order valence-electron chi connectivity index (χ4n) is 1.90. The molecule has 0 unspecified atom stereocenters. The Kier molecular flexibility index (Phi) is 8.25. The van der Waals surface area contributed by atoms with Gasteiger partial charge in [0.2, 0.25) is 0 Å². The Morgan fingerprint density at radius 1 is 1.25 bits per heavy atom. The van der Waals surface area contributed by atoms with Crippen LogP contribution in [0.4, 0.5) is 0 Å². The molecule has 0 aliphatic rings. The molecule has 1 aromatic rings. The lowest BCUT2D eigenvalue weighted by molar-refractivity contribution is -0.138. The molecule has 3 N–H and O–H groups in total. The van der Waals surface area contributed by atoms with E-state index < -0.39 is 12.0 Å². The second kappa shape index (κ2) is 9.41. The van der Waals surface area contributed by atoms with E-state index in [9.17, 15) is 4.79 Å². The molecule has 0 amide bonds. The van der Waals surface area contributed by atoms with E-state index in [-0.39, 0.29) is 0 Å². The van der Waals surface area contributed by atoms with E-state index in [1.807, 2.05) is 0 Å². The largest absolute Gasteiger partial charge is 0.480 e. The number of halogens is 1. The van der Waals surface area contributed by atoms with Gasteiger partial charge in [-0.25, -0.2) is 0 Å². The van der Waals surface area contributed by atoms with Crippen LogP contribution in [0.1, 0.15) is 37.7 Å². The van der Waals surface area contributed by atoms with Crippen molar-refractivity contribution in [3.63, 3.8) is 0 Å². The van der Waals surface area contributed by atoms with Crippen molar-refractivity contribution in [1.82, 2.24) is 0 Å². The van der Waals surface area contributed by atoms with Gasteiger partial charge in [-0.05, 0) is 64.4 Å². The number of hydrogen-bond donors (Lipinski definition) is 2. The van der Waals surface area contributed by atoms with Crippen molar-refractivity contribution in [1.29, 1.82) is 0 Å². The van der Waals surface area contributed by atoms with Gasteiger partial charge in [0.15, 0.2) is 0 Å². The number of carboxylic acid groups (broad SMARTS) is 1. The molecule has 110 valence electrons. The third-order valence-electron chi connectivity index (χ3n) is 3.10. The topological polar surface area (TPSA) is 63.3 Å². The second-order valence-corrected chi connectivity index (χ2v) is 6.71. The van der Waals surface area contributed by atoms with Gasteiger partial charge in [-0.15, -0.1) is 0 Å². The molecule has 1 aromatic carbocycles. The molecule has 0 aromatic heterocycles. The minimum absolute atomic E-state index is 0.541. The first-order valence-corrected chi connectivity index (χ1v) is 8.22. The maximum absolute atomic E-state index is 10.6. The summed E-state index contributed by atoms with van der Waals surface area (Å²) < 4.78 is 1.23. The summed E-state index contributed by atoms with van der Waals surface area (Å²) in [4.78, 5) is 11.6. The van der Waals surface area contributed by atoms with E-state index in [2.05, 4.69) is 46.9 Å². The maximum Gasteiger partial charge on any atom is 0.320 e. The van der Waals surface area contributed by atoms with E-state index in [0.29, 0.717) is 6.42 Å². The normalized spacial score (nSPS) is 12.1. The second-order valence-electron chi connectivity index (χ2n) is 4.89. The van der Waals surface area contributed by atoms with Crippen molar-refractivity contribution < 1.29 is 9.90 Å². The summed E-state index contributed by atoms with van der Waals surface area (Å²) >= 11 is 7.68. The smallest absolute Gasteiger partial charge is 0.320 e. The monoisotopic (exact) mass is 405 g/mol. The molecule has 0 heterocycles. The fourth-order valence-corrected chi connectivity index (χ4v) is 2.58. The van der Waals surface area contributed by atoms with Crippen LogP contribution in [0.15, 0.2) is 24.3 Å². The highest BCUT2D eigenvalue weighted by molar-refractivity contribution is 14.1. The zero-order chi connectivity index (χ0) is 15.0. The molecule has 0 saturated carbocycles. The van der Waals surface area contributed by atoms with Crippen molar-refractivity contribution in [2.75, 3.05) is 0 Å². The van der Waals surface area contributed by atoms with E-state index in [1.54, 1.807) is 0 Å². The van der Waals surface area contributed by atoms with E-state index >= 15 is 0 Å². The highest BCUT2D eigenvalue weighted by Gasteiger charge is 2.10. The molecule has 5 heteroatoms. The predicted molar refractivity (Wildman–Crippen MR) is 94.2 cm³/mol. The zero-order valence-corrected chi connectivity index (χ0v) is 14.3. The first-order valence-electron chi connectivity index (χ1n) is 6.73. The quantitative estimate of drug-likeness (QED) is 0.375. The summed E-state index contributed by atoms with van der Waals surface area (Å²) in [5.41, 5.74) is 6.70. The van der Waals surface area contributed by atoms with Crippen molar-refractivity contribution in [3.05, 3.63) is 33.4 Å². The van der Waals surface area contributed by atoms with Crippen molar-refractivity contribution in [3.8, 4) is 0 Å². The number of thiocarbonyl (C=S) groups is 1. The first kappa shape index (κ1) is 17.5. The van der Waals surface area contributed by atoms with Gasteiger partial charge in [0.05, 0.1) is 0 Å². The van der Waals surface area contributed by atoms with Gasteiger partial charge in [-0.2, -0.15) is 0 Å². The average molecular weight is 405 g/mol. The van der Waals surface area contributed by atoms with Crippen LogP contribution < -0.4 is 5.73 Å². The third kappa shape index (κ3) is 7.31. The van der Waals surface area contributed by atoms with Crippen LogP contribution >= 0.6 is 34.8 Å². The standard InChI is InChI=1S/C15H20INO2S/c16-12-8-6-11(7-9-12)10-13(20)4-2-1-3-5-14(17)15(18)19/h6-9,14H,1-5,10,17H2,(H,18,19)/t14-/m0/s1. The predicted octanol–water partition coefficient (Wildman–Crippen LogP) is 3.57. The van der Waals surface area contributed by atoms with Crippen molar-refractivity contribution in [2.45, 2.75) is 44.6 Å². The first-order chi connectivity index (χ1) is 9.49. The van der Waals surface area contributed by atoms with E-state index in [1.165, 1.54) is 9.13 Å². The van der Waals surface area contributed by atoms with Gasteiger partial charge in [0.25, 0.3) is 0 Å². The molecule has 0 radical (unpaired) electrons. The molecule has 1 rings (SSSR count). The van der Waals surface area contributed by atoms with Crippen LogP contribution in [-0.2, 0) is 11.2 Å². The maximum atomic E-state index is 10.6. The SMILES string of the molecule is N[C@@H](CCCCCC(=S)Cc1ccc(I)cc1)C(=O)O. The summed E-state index contributed by atoms with van der Waals surface area (Å²) in [6.45, 7) is 0. The number of carboxylic acids is 1. The molecule has 1 atom stereocenters. The molecule has 20 heavy (non-hydrogen) atoms. The Labute approximate surface area is 139 Å². The lowest BCUT2D eigenvalue weighted by Crippen LogP contribution is -2.29. The van der Waals surface area contributed by atoms with Crippen LogP contribution in [0.3, 0.4) is 0 Å². The molecule has 0 spiro atoms. The number of rotatable bonds is 9. The lowest BCUT2D eigenvalue weighted by Gasteiger charge is -2.07. The number of unbranched alkanes of at least 4 members (excludes halogenated alkanes) is 2. The number of hydrogen-bond acceptors (Lipinski definition) is 3. The summed E-state index contributed by atoms with van der Waals surface area (Å²) in [7, 11) is 0. The van der Waals surface area contributed by atoms with Crippen LogP contribution in [0.2, 0.25) is 0 Å². The Hall–Kier alpha value is -0.530. The van der Waals surface area contributed by atoms with Crippen LogP contribution in [0, 0.1) is 3.57 Å². The van der Waals surface area contributed by atoms with Crippen LogP contribution in [-0.4, -0.2) is 22.0 Å². The molecule has 0 saturated heterocycles. The minimum Gasteiger partial charge on any atom is -0.480 e. The Morgan fingerprint density at radius 2 is 1.90 bits per heavy atom. The fraction of sp³-hybridized carbons (Fsp3) is 0.467. The highest BCUT2D eigenvalue weighted by Crippen LogP contribution is 2.11. The Balaban J connectivity index is 2.14. The van der Waals surface area contributed by atoms with Crippen molar-refractivity contribution >= 4 is 45.6 Å². The minimum atomic E-state index is -0.917. The molecular formula is C15H20INO2S. The number of carbonyl (C=O) groups is 1. The van der Waals surface area contributed by atoms with Gasteiger partial charge in [0, 0.05) is 9.99 Å². The highest BCUT2D eigenvalue weighted by atomic mass is 127. The van der Waals surface area contributed by atoms with Gasteiger partial charge in [-0.1, -0.05) is 37.2 Å². The summed E-state index contributed by atoms with van der Waals surface area (Å²) in [6, 6.07) is 7.67. The van der Waals surface area contributed by atoms with Gasteiger partial charge >= 0.3 is 5.97 Å².